The number of amides is 1. The van der Waals surface area contributed by atoms with Crippen molar-refractivity contribution in [3.05, 3.63) is 34.3 Å². The molecule has 2 N–H and O–H groups in total. The van der Waals surface area contributed by atoms with Gasteiger partial charge in [-0.25, -0.2) is 0 Å². The summed E-state index contributed by atoms with van der Waals surface area (Å²) < 4.78 is 1.04. The van der Waals surface area contributed by atoms with E-state index < -0.39 is 0 Å². The van der Waals surface area contributed by atoms with Gasteiger partial charge in [-0.05, 0) is 38.4 Å². The zero-order chi connectivity index (χ0) is 15.3. The summed E-state index contributed by atoms with van der Waals surface area (Å²) in [5.74, 6) is 0.134. The first-order chi connectivity index (χ1) is 10.1. The number of rotatable bonds is 5. The smallest absolute Gasteiger partial charge is 0.222 e. The summed E-state index contributed by atoms with van der Waals surface area (Å²) in [7, 11) is 1.98. The molecule has 0 saturated heterocycles. The molecule has 1 aromatic rings. The third kappa shape index (κ3) is 4.30. The van der Waals surface area contributed by atoms with E-state index in [0.717, 1.165) is 22.9 Å². The predicted molar refractivity (Wildman–Crippen MR) is 90.2 cm³/mol. The molecule has 3 nitrogen and oxygen atoms in total. The van der Waals surface area contributed by atoms with Crippen LogP contribution in [0, 0.1) is 0 Å². The van der Waals surface area contributed by atoms with Gasteiger partial charge < -0.3 is 10.6 Å². The molecule has 1 amide bonds. The highest BCUT2D eigenvalue weighted by atomic mass is 79.9. The van der Waals surface area contributed by atoms with E-state index in [0.29, 0.717) is 6.42 Å². The Morgan fingerprint density at radius 3 is 2.57 bits per heavy atom. The summed E-state index contributed by atoms with van der Waals surface area (Å²) in [4.78, 5) is 12.4. The Morgan fingerprint density at radius 1 is 1.29 bits per heavy atom. The van der Waals surface area contributed by atoms with Gasteiger partial charge in [0.2, 0.25) is 5.91 Å². The fourth-order valence-electron chi connectivity index (χ4n) is 3.25. The molecular formula is C17H25BrN2O. The van der Waals surface area contributed by atoms with E-state index in [9.17, 15) is 4.79 Å². The Bertz CT molecular complexity index is 483. The molecule has 1 atom stereocenters. The SMILES string of the molecule is CNC1(CC(=O)N[C@H](C)c2ccccc2Br)CCCCC1. The zero-order valence-corrected chi connectivity index (χ0v) is 14.5. The van der Waals surface area contributed by atoms with Crippen LogP contribution in [-0.4, -0.2) is 18.5 Å². The first-order valence-corrected chi connectivity index (χ1v) is 8.58. The van der Waals surface area contributed by atoms with Gasteiger partial charge in [0.1, 0.15) is 0 Å². The molecule has 0 bridgehead atoms. The van der Waals surface area contributed by atoms with Crippen molar-refractivity contribution < 1.29 is 4.79 Å². The maximum Gasteiger partial charge on any atom is 0.222 e. The van der Waals surface area contributed by atoms with Gasteiger partial charge >= 0.3 is 0 Å². The fourth-order valence-corrected chi connectivity index (χ4v) is 3.88. The largest absolute Gasteiger partial charge is 0.349 e. The van der Waals surface area contributed by atoms with E-state index in [1.165, 1.54) is 19.3 Å². The molecule has 0 aromatic heterocycles. The first kappa shape index (κ1) is 16.5. The van der Waals surface area contributed by atoms with Crippen LogP contribution in [0.25, 0.3) is 0 Å². The Labute approximate surface area is 136 Å². The minimum Gasteiger partial charge on any atom is -0.349 e. The number of benzene rings is 1. The lowest BCUT2D eigenvalue weighted by Gasteiger charge is -2.37. The minimum atomic E-state index is -0.00399. The van der Waals surface area contributed by atoms with Crippen LogP contribution in [0.2, 0.25) is 0 Å². The summed E-state index contributed by atoms with van der Waals surface area (Å²) in [5, 5.41) is 6.54. The van der Waals surface area contributed by atoms with Crippen LogP contribution < -0.4 is 10.6 Å². The van der Waals surface area contributed by atoms with E-state index in [1.54, 1.807) is 0 Å². The molecule has 4 heteroatoms. The minimum absolute atomic E-state index is 0.00399. The third-order valence-electron chi connectivity index (χ3n) is 4.59. The van der Waals surface area contributed by atoms with Crippen molar-refractivity contribution >= 4 is 21.8 Å². The van der Waals surface area contributed by atoms with Gasteiger partial charge in [-0.1, -0.05) is 53.4 Å². The van der Waals surface area contributed by atoms with E-state index >= 15 is 0 Å². The molecular weight excluding hydrogens is 328 g/mol. The molecule has 116 valence electrons. The Balaban J connectivity index is 1.96. The first-order valence-electron chi connectivity index (χ1n) is 7.79. The molecule has 0 aliphatic heterocycles. The van der Waals surface area contributed by atoms with Gasteiger partial charge in [0.15, 0.2) is 0 Å². The van der Waals surface area contributed by atoms with Crippen molar-refractivity contribution in [2.24, 2.45) is 0 Å². The Morgan fingerprint density at radius 2 is 1.95 bits per heavy atom. The second-order valence-corrected chi connectivity index (χ2v) is 6.93. The third-order valence-corrected chi connectivity index (χ3v) is 5.31. The van der Waals surface area contributed by atoms with Crippen LogP contribution in [0.4, 0.5) is 0 Å². The van der Waals surface area contributed by atoms with Crippen molar-refractivity contribution in [3.8, 4) is 0 Å². The molecule has 0 spiro atoms. The van der Waals surface area contributed by atoms with Crippen molar-refractivity contribution in [3.63, 3.8) is 0 Å². The highest BCUT2D eigenvalue weighted by Gasteiger charge is 2.32. The standard InChI is InChI=1S/C17H25BrN2O/c1-13(14-8-4-5-9-15(14)18)20-16(21)12-17(19-2)10-6-3-7-11-17/h4-5,8-9,13,19H,3,6-7,10-12H2,1-2H3,(H,20,21)/t13-/m1/s1. The average molecular weight is 353 g/mol. The van der Waals surface area contributed by atoms with Gasteiger partial charge in [-0.2, -0.15) is 0 Å². The summed E-state index contributed by atoms with van der Waals surface area (Å²) in [6, 6.07) is 8.06. The second kappa shape index (κ2) is 7.41. The molecule has 0 heterocycles. The topological polar surface area (TPSA) is 41.1 Å². The van der Waals surface area contributed by atoms with Crippen molar-refractivity contribution in [1.29, 1.82) is 0 Å². The number of halogens is 1. The lowest BCUT2D eigenvalue weighted by molar-refractivity contribution is -0.123. The fraction of sp³-hybridized carbons (Fsp3) is 0.588. The van der Waals surface area contributed by atoms with Crippen LogP contribution in [-0.2, 0) is 4.79 Å². The van der Waals surface area contributed by atoms with E-state index in [4.69, 9.17) is 0 Å². The Kier molecular flexibility index (Phi) is 5.82. The molecule has 1 aliphatic rings. The molecule has 1 saturated carbocycles. The average Bonchev–Trinajstić information content (AvgIpc) is 2.48. The van der Waals surface area contributed by atoms with Crippen LogP contribution in [0.3, 0.4) is 0 Å². The van der Waals surface area contributed by atoms with Crippen LogP contribution in [0.1, 0.15) is 57.1 Å². The van der Waals surface area contributed by atoms with E-state index in [2.05, 4.69) is 26.6 Å². The second-order valence-electron chi connectivity index (χ2n) is 6.08. The van der Waals surface area contributed by atoms with E-state index in [-0.39, 0.29) is 17.5 Å². The number of nitrogens with one attached hydrogen (secondary N) is 2. The summed E-state index contributed by atoms with van der Waals surface area (Å²) in [6.45, 7) is 2.03. The van der Waals surface area contributed by atoms with Gasteiger partial charge in [-0.15, -0.1) is 0 Å². The summed E-state index contributed by atoms with van der Waals surface area (Å²) >= 11 is 3.55. The number of carbonyl (C=O) groups is 1. The number of hydrogen-bond acceptors (Lipinski definition) is 2. The van der Waals surface area contributed by atoms with Crippen LogP contribution in [0.5, 0.6) is 0 Å². The van der Waals surface area contributed by atoms with Gasteiger partial charge in [0.25, 0.3) is 0 Å². The van der Waals surface area contributed by atoms with Gasteiger partial charge in [-0.3, -0.25) is 4.79 Å². The zero-order valence-electron chi connectivity index (χ0n) is 12.9. The van der Waals surface area contributed by atoms with Crippen LogP contribution >= 0.6 is 15.9 Å². The molecule has 1 fully saturated rings. The highest BCUT2D eigenvalue weighted by Crippen LogP contribution is 2.31. The maximum absolute atomic E-state index is 12.4. The molecule has 1 aromatic carbocycles. The highest BCUT2D eigenvalue weighted by molar-refractivity contribution is 9.10. The number of hydrogen-bond donors (Lipinski definition) is 2. The summed E-state index contributed by atoms with van der Waals surface area (Å²) in [6.07, 6.45) is 6.49. The van der Waals surface area contributed by atoms with Crippen molar-refractivity contribution in [1.82, 2.24) is 10.6 Å². The quantitative estimate of drug-likeness (QED) is 0.842. The lowest BCUT2D eigenvalue weighted by atomic mass is 9.79. The van der Waals surface area contributed by atoms with Crippen molar-refractivity contribution in [2.75, 3.05) is 7.05 Å². The normalized spacial score (nSPS) is 19.0. The molecule has 0 unspecified atom stereocenters. The monoisotopic (exact) mass is 352 g/mol. The predicted octanol–water partition coefficient (Wildman–Crippen LogP) is 3.94. The molecule has 1 aliphatic carbocycles. The van der Waals surface area contributed by atoms with Gasteiger partial charge in [0, 0.05) is 16.4 Å². The molecule has 21 heavy (non-hydrogen) atoms. The maximum atomic E-state index is 12.4. The number of carbonyl (C=O) groups excluding carboxylic acids is 1. The van der Waals surface area contributed by atoms with E-state index in [1.807, 2.05) is 38.2 Å². The molecule has 2 rings (SSSR count). The lowest BCUT2D eigenvalue weighted by Crippen LogP contribution is -2.48. The Hall–Kier alpha value is -0.870. The summed E-state index contributed by atoms with van der Waals surface area (Å²) in [5.41, 5.74) is 1.11. The van der Waals surface area contributed by atoms with Crippen molar-refractivity contribution in [2.45, 2.75) is 57.0 Å². The van der Waals surface area contributed by atoms with Crippen LogP contribution in [0.15, 0.2) is 28.7 Å². The molecule has 0 radical (unpaired) electrons. The van der Waals surface area contributed by atoms with Gasteiger partial charge in [0.05, 0.1) is 6.04 Å².